The van der Waals surface area contributed by atoms with Crippen molar-refractivity contribution in [3.05, 3.63) is 30.1 Å². The molecule has 2 atom stereocenters. The van der Waals surface area contributed by atoms with E-state index in [1.165, 1.54) is 12.1 Å². The average molecular weight is 310 g/mol. The maximum atomic E-state index is 13.0. The highest BCUT2D eigenvalue weighted by molar-refractivity contribution is 5.77. The molecule has 1 aromatic carbocycles. The van der Waals surface area contributed by atoms with Gasteiger partial charge in [0.1, 0.15) is 11.6 Å². The van der Waals surface area contributed by atoms with Crippen LogP contribution < -0.4 is 4.74 Å². The van der Waals surface area contributed by atoms with Crippen molar-refractivity contribution in [2.45, 2.75) is 18.6 Å². The van der Waals surface area contributed by atoms with Crippen LogP contribution in [0.25, 0.3) is 0 Å². The van der Waals surface area contributed by atoms with Crippen molar-refractivity contribution < 1.29 is 18.7 Å². The smallest absolute Gasteiger partial charge is 0.260 e. The molecule has 0 saturated carbocycles. The molecule has 6 heteroatoms. The second kappa shape index (κ2) is 7.56. The van der Waals surface area contributed by atoms with Gasteiger partial charge in [-0.05, 0) is 25.6 Å². The number of carbonyl (C=O) groups is 1. The predicted octanol–water partition coefficient (Wildman–Crippen LogP) is 1.38. The van der Waals surface area contributed by atoms with Gasteiger partial charge in [-0.1, -0.05) is 6.07 Å². The fourth-order valence-corrected chi connectivity index (χ4v) is 2.64. The number of nitrogens with zero attached hydrogens (tertiary/aromatic N) is 2. The summed E-state index contributed by atoms with van der Waals surface area (Å²) in [4.78, 5) is 16.0. The van der Waals surface area contributed by atoms with Gasteiger partial charge in [-0.25, -0.2) is 4.39 Å². The first-order chi connectivity index (χ1) is 10.5. The van der Waals surface area contributed by atoms with Gasteiger partial charge >= 0.3 is 0 Å². The fraction of sp³-hybridized carbons (Fsp3) is 0.562. The summed E-state index contributed by atoms with van der Waals surface area (Å²) in [5, 5.41) is 0. The van der Waals surface area contributed by atoms with Crippen molar-refractivity contribution in [2.24, 2.45) is 0 Å². The van der Waals surface area contributed by atoms with Gasteiger partial charge in [0.2, 0.25) is 0 Å². The molecule has 0 unspecified atom stereocenters. The molecule has 1 aromatic rings. The Bertz CT molecular complexity index is 512. The van der Waals surface area contributed by atoms with Crippen LogP contribution in [-0.2, 0) is 9.53 Å². The van der Waals surface area contributed by atoms with E-state index in [0.29, 0.717) is 12.3 Å². The van der Waals surface area contributed by atoms with Crippen molar-refractivity contribution in [3.8, 4) is 5.75 Å². The van der Waals surface area contributed by atoms with Crippen molar-refractivity contribution in [3.63, 3.8) is 0 Å². The van der Waals surface area contributed by atoms with E-state index in [4.69, 9.17) is 9.47 Å². The molecule has 1 heterocycles. The van der Waals surface area contributed by atoms with Crippen molar-refractivity contribution in [1.29, 1.82) is 0 Å². The number of hydrogen-bond acceptors (Lipinski definition) is 4. The summed E-state index contributed by atoms with van der Waals surface area (Å²) in [6.07, 6.45) is 1.14. The van der Waals surface area contributed by atoms with Crippen LogP contribution in [-0.4, -0.2) is 68.8 Å². The molecule has 1 saturated heterocycles. The van der Waals surface area contributed by atoms with E-state index >= 15 is 0 Å². The third-order valence-electron chi connectivity index (χ3n) is 4.05. The van der Waals surface area contributed by atoms with E-state index in [9.17, 15) is 9.18 Å². The van der Waals surface area contributed by atoms with Crippen LogP contribution >= 0.6 is 0 Å². The van der Waals surface area contributed by atoms with E-state index in [-0.39, 0.29) is 30.5 Å². The summed E-state index contributed by atoms with van der Waals surface area (Å²) in [5.41, 5.74) is 0. The van der Waals surface area contributed by atoms with Crippen LogP contribution in [0.4, 0.5) is 4.39 Å². The van der Waals surface area contributed by atoms with E-state index in [1.807, 2.05) is 7.05 Å². The molecule has 1 amide bonds. The highest BCUT2D eigenvalue weighted by Crippen LogP contribution is 2.19. The molecule has 0 N–H and O–H groups in total. The summed E-state index contributed by atoms with van der Waals surface area (Å²) in [7, 11) is 5.50. The molecule has 22 heavy (non-hydrogen) atoms. The van der Waals surface area contributed by atoms with Gasteiger partial charge in [0, 0.05) is 39.4 Å². The van der Waals surface area contributed by atoms with Crippen molar-refractivity contribution >= 4 is 5.91 Å². The van der Waals surface area contributed by atoms with E-state index in [1.54, 1.807) is 31.2 Å². The second-order valence-corrected chi connectivity index (χ2v) is 5.71. The van der Waals surface area contributed by atoms with E-state index in [2.05, 4.69) is 4.90 Å². The van der Waals surface area contributed by atoms with Crippen LogP contribution in [0.15, 0.2) is 24.3 Å². The van der Waals surface area contributed by atoms with Gasteiger partial charge < -0.3 is 14.4 Å². The van der Waals surface area contributed by atoms with Gasteiger partial charge in [0.25, 0.3) is 5.91 Å². The molecule has 0 radical (unpaired) electrons. The lowest BCUT2D eigenvalue weighted by molar-refractivity contribution is -0.132. The zero-order valence-corrected chi connectivity index (χ0v) is 13.3. The van der Waals surface area contributed by atoms with E-state index < -0.39 is 0 Å². The van der Waals surface area contributed by atoms with Gasteiger partial charge in [-0.2, -0.15) is 0 Å². The normalized spacial score (nSPS) is 21.8. The molecule has 2 rings (SSSR count). The van der Waals surface area contributed by atoms with Crippen LogP contribution in [0.3, 0.4) is 0 Å². The Hall–Kier alpha value is -1.66. The summed E-state index contributed by atoms with van der Waals surface area (Å²) < 4.78 is 23.7. The summed E-state index contributed by atoms with van der Waals surface area (Å²) in [6, 6.07) is 6.07. The van der Waals surface area contributed by atoms with Crippen LogP contribution in [0.1, 0.15) is 6.42 Å². The molecular weight excluding hydrogens is 287 g/mol. The Labute approximate surface area is 130 Å². The minimum Gasteiger partial charge on any atom is -0.484 e. The number of benzene rings is 1. The van der Waals surface area contributed by atoms with Crippen LogP contribution in [0, 0.1) is 5.82 Å². The number of hydrogen-bond donors (Lipinski definition) is 0. The maximum Gasteiger partial charge on any atom is 0.260 e. The number of methoxy groups -OCH3 is 1. The summed E-state index contributed by atoms with van der Waals surface area (Å²) >= 11 is 0. The van der Waals surface area contributed by atoms with Gasteiger partial charge in [0.05, 0.1) is 6.10 Å². The van der Waals surface area contributed by atoms with Crippen molar-refractivity contribution in [1.82, 2.24) is 9.80 Å². The summed E-state index contributed by atoms with van der Waals surface area (Å²) in [6.45, 7) is 1.41. The number of likely N-dealkylation sites (N-methyl/N-ethyl adjacent to an activating group) is 2. The number of carbonyl (C=O) groups excluding carboxylic acids is 1. The quantitative estimate of drug-likeness (QED) is 0.796. The highest BCUT2D eigenvalue weighted by atomic mass is 19.1. The second-order valence-electron chi connectivity index (χ2n) is 5.71. The zero-order chi connectivity index (χ0) is 16.1. The lowest BCUT2D eigenvalue weighted by atomic mass is 10.2. The molecule has 5 nitrogen and oxygen atoms in total. The lowest BCUT2D eigenvalue weighted by Crippen LogP contribution is -2.41. The zero-order valence-electron chi connectivity index (χ0n) is 13.3. The minimum atomic E-state index is -0.378. The first-order valence-corrected chi connectivity index (χ1v) is 7.35. The Kier molecular flexibility index (Phi) is 5.74. The highest BCUT2D eigenvalue weighted by Gasteiger charge is 2.30. The third-order valence-corrected chi connectivity index (χ3v) is 4.05. The number of halogens is 1. The van der Waals surface area contributed by atoms with Gasteiger partial charge in [0.15, 0.2) is 6.61 Å². The molecule has 1 fully saturated rings. The molecule has 0 aliphatic carbocycles. The number of ether oxygens (including phenoxy) is 2. The molecular formula is C16H23FN2O3. The molecule has 122 valence electrons. The Balaban J connectivity index is 1.80. The molecule has 1 aliphatic rings. The van der Waals surface area contributed by atoms with Crippen LogP contribution in [0.5, 0.6) is 5.75 Å². The van der Waals surface area contributed by atoms with E-state index in [0.717, 1.165) is 13.0 Å². The minimum absolute atomic E-state index is 0.0932. The monoisotopic (exact) mass is 310 g/mol. The fourth-order valence-electron chi connectivity index (χ4n) is 2.64. The summed E-state index contributed by atoms with van der Waals surface area (Å²) in [5.74, 6) is -0.144. The largest absolute Gasteiger partial charge is 0.484 e. The number of likely N-dealkylation sites (tertiary alicyclic amines) is 1. The number of rotatable bonds is 6. The SMILES string of the molecule is CO[C@H]1C[C@@H](CN(C)C(=O)COc2cccc(F)c2)N(C)C1. The molecule has 0 bridgehead atoms. The number of amides is 1. The Morgan fingerprint density at radius 3 is 2.91 bits per heavy atom. The molecule has 1 aliphatic heterocycles. The Morgan fingerprint density at radius 2 is 2.27 bits per heavy atom. The van der Waals surface area contributed by atoms with Crippen molar-refractivity contribution in [2.75, 3.05) is 40.9 Å². The molecule has 0 spiro atoms. The van der Waals surface area contributed by atoms with Gasteiger partial charge in [-0.15, -0.1) is 0 Å². The average Bonchev–Trinajstić information content (AvgIpc) is 2.85. The van der Waals surface area contributed by atoms with Gasteiger partial charge in [-0.3, -0.25) is 9.69 Å². The lowest BCUT2D eigenvalue weighted by Gasteiger charge is -2.25. The Morgan fingerprint density at radius 1 is 1.50 bits per heavy atom. The first kappa shape index (κ1) is 16.7. The third kappa shape index (κ3) is 4.42. The first-order valence-electron chi connectivity index (χ1n) is 7.35. The van der Waals surface area contributed by atoms with Crippen LogP contribution in [0.2, 0.25) is 0 Å². The topological polar surface area (TPSA) is 42.0 Å². The standard InChI is InChI=1S/C16H23FN2O3/c1-18-10-15(21-3)8-13(18)9-19(2)16(20)11-22-14-6-4-5-12(17)7-14/h4-7,13,15H,8-11H2,1-3H3/t13-,15-/m0/s1. The predicted molar refractivity (Wildman–Crippen MR) is 81.4 cm³/mol. The maximum absolute atomic E-state index is 13.0. The molecule has 0 aromatic heterocycles.